The Morgan fingerprint density at radius 2 is 2.16 bits per heavy atom. The number of amides is 1. The Morgan fingerprint density at radius 3 is 2.84 bits per heavy atom. The minimum atomic E-state index is -0.229. The lowest BCUT2D eigenvalue weighted by Crippen LogP contribution is -2.52. The molecule has 2 heterocycles. The number of piperazine rings is 1. The number of nitrogens with zero attached hydrogens (tertiary/aromatic N) is 2. The number of primary amides is 1. The van der Waals surface area contributed by atoms with Gasteiger partial charge in [-0.1, -0.05) is 13.8 Å². The minimum absolute atomic E-state index is 0.193. The first-order chi connectivity index (χ1) is 9.06. The van der Waals surface area contributed by atoms with Gasteiger partial charge in [-0.2, -0.15) is 0 Å². The summed E-state index contributed by atoms with van der Waals surface area (Å²) >= 11 is 0. The Hall–Kier alpha value is -0.650. The zero-order valence-electron chi connectivity index (χ0n) is 12.3. The molecular formula is C14H28N4O. The first kappa shape index (κ1) is 14.8. The van der Waals surface area contributed by atoms with E-state index in [2.05, 4.69) is 15.1 Å². The molecule has 19 heavy (non-hydrogen) atoms. The molecule has 5 nitrogen and oxygen atoms in total. The van der Waals surface area contributed by atoms with Crippen molar-refractivity contribution >= 4 is 5.91 Å². The SMILES string of the molecule is CC(C)NC(CCN1CCN2CCCC2C1)C(N)=O. The predicted molar refractivity (Wildman–Crippen MR) is 76.9 cm³/mol. The van der Waals surface area contributed by atoms with E-state index in [4.69, 9.17) is 5.73 Å². The average Bonchev–Trinajstić information content (AvgIpc) is 2.80. The van der Waals surface area contributed by atoms with Gasteiger partial charge in [0.15, 0.2) is 0 Å². The van der Waals surface area contributed by atoms with E-state index in [0.29, 0.717) is 6.04 Å². The summed E-state index contributed by atoms with van der Waals surface area (Å²) in [6.45, 7) is 9.82. The lowest BCUT2D eigenvalue weighted by atomic mass is 10.1. The largest absolute Gasteiger partial charge is 0.368 e. The average molecular weight is 268 g/mol. The maximum atomic E-state index is 11.4. The van der Waals surface area contributed by atoms with Gasteiger partial charge in [0, 0.05) is 38.3 Å². The van der Waals surface area contributed by atoms with Crippen molar-refractivity contribution in [3.05, 3.63) is 0 Å². The molecule has 2 saturated heterocycles. The van der Waals surface area contributed by atoms with Gasteiger partial charge in [0.25, 0.3) is 0 Å². The molecular weight excluding hydrogens is 240 g/mol. The summed E-state index contributed by atoms with van der Waals surface area (Å²) in [6, 6.07) is 0.852. The Bertz CT molecular complexity index is 308. The molecule has 0 bridgehead atoms. The molecule has 2 rings (SSSR count). The van der Waals surface area contributed by atoms with Crippen molar-refractivity contribution in [3.63, 3.8) is 0 Å². The van der Waals surface area contributed by atoms with E-state index in [0.717, 1.165) is 32.1 Å². The first-order valence-corrected chi connectivity index (χ1v) is 7.58. The van der Waals surface area contributed by atoms with Crippen molar-refractivity contribution in [1.82, 2.24) is 15.1 Å². The lowest BCUT2D eigenvalue weighted by molar-refractivity contribution is -0.120. The van der Waals surface area contributed by atoms with Gasteiger partial charge >= 0.3 is 0 Å². The molecule has 0 radical (unpaired) electrons. The van der Waals surface area contributed by atoms with Crippen LogP contribution in [-0.4, -0.2) is 66.6 Å². The summed E-state index contributed by atoms with van der Waals surface area (Å²) in [5, 5.41) is 3.25. The van der Waals surface area contributed by atoms with Gasteiger partial charge in [-0.15, -0.1) is 0 Å². The highest BCUT2D eigenvalue weighted by Crippen LogP contribution is 2.21. The smallest absolute Gasteiger partial charge is 0.234 e. The molecule has 2 fully saturated rings. The van der Waals surface area contributed by atoms with Crippen LogP contribution in [0.5, 0.6) is 0 Å². The summed E-state index contributed by atoms with van der Waals surface area (Å²) in [4.78, 5) is 16.5. The number of nitrogens with one attached hydrogen (secondary N) is 1. The topological polar surface area (TPSA) is 61.6 Å². The van der Waals surface area contributed by atoms with Crippen LogP contribution in [0.4, 0.5) is 0 Å². The van der Waals surface area contributed by atoms with Crippen molar-refractivity contribution < 1.29 is 4.79 Å². The number of rotatable bonds is 6. The van der Waals surface area contributed by atoms with Crippen molar-refractivity contribution in [3.8, 4) is 0 Å². The van der Waals surface area contributed by atoms with Crippen LogP contribution in [0.3, 0.4) is 0 Å². The molecule has 2 aliphatic rings. The molecule has 2 atom stereocenters. The normalized spacial score (nSPS) is 26.6. The molecule has 110 valence electrons. The van der Waals surface area contributed by atoms with Crippen LogP contribution in [-0.2, 0) is 4.79 Å². The number of carbonyl (C=O) groups is 1. The van der Waals surface area contributed by atoms with E-state index in [1.54, 1.807) is 0 Å². The minimum Gasteiger partial charge on any atom is -0.368 e. The molecule has 0 aromatic rings. The van der Waals surface area contributed by atoms with Gasteiger partial charge in [0.2, 0.25) is 5.91 Å². The predicted octanol–water partition coefficient (Wildman–Crippen LogP) is 0.00840. The molecule has 2 unspecified atom stereocenters. The van der Waals surface area contributed by atoms with Crippen LogP contribution in [0.2, 0.25) is 0 Å². The highest BCUT2D eigenvalue weighted by molar-refractivity contribution is 5.79. The molecule has 5 heteroatoms. The number of fused-ring (bicyclic) bond motifs is 1. The zero-order valence-corrected chi connectivity index (χ0v) is 12.3. The number of carbonyl (C=O) groups excluding carboxylic acids is 1. The van der Waals surface area contributed by atoms with Crippen LogP contribution in [0.15, 0.2) is 0 Å². The van der Waals surface area contributed by atoms with Gasteiger partial charge in [0.05, 0.1) is 6.04 Å². The van der Waals surface area contributed by atoms with Gasteiger partial charge in [-0.25, -0.2) is 0 Å². The lowest BCUT2D eigenvalue weighted by Gasteiger charge is -2.38. The standard InChI is InChI=1S/C14H28N4O/c1-11(2)16-13(14(15)19)5-7-17-8-9-18-6-3-4-12(18)10-17/h11-13,16H,3-10H2,1-2H3,(H2,15,19). The summed E-state index contributed by atoms with van der Waals surface area (Å²) in [6.07, 6.45) is 3.50. The Morgan fingerprint density at radius 1 is 1.37 bits per heavy atom. The van der Waals surface area contributed by atoms with E-state index >= 15 is 0 Å². The molecule has 2 aliphatic heterocycles. The highest BCUT2D eigenvalue weighted by atomic mass is 16.1. The summed E-state index contributed by atoms with van der Waals surface area (Å²) in [5.74, 6) is -0.229. The Balaban J connectivity index is 1.76. The maximum absolute atomic E-state index is 11.4. The fourth-order valence-corrected chi connectivity index (χ4v) is 3.28. The fraction of sp³-hybridized carbons (Fsp3) is 0.929. The summed E-state index contributed by atoms with van der Waals surface area (Å²) in [5.41, 5.74) is 5.46. The van der Waals surface area contributed by atoms with Gasteiger partial charge < -0.3 is 16.0 Å². The highest BCUT2D eigenvalue weighted by Gasteiger charge is 2.30. The fourth-order valence-electron chi connectivity index (χ4n) is 3.28. The molecule has 3 N–H and O–H groups in total. The summed E-state index contributed by atoms with van der Waals surface area (Å²) < 4.78 is 0. The monoisotopic (exact) mass is 268 g/mol. The van der Waals surface area contributed by atoms with Crippen molar-refractivity contribution in [2.75, 3.05) is 32.7 Å². The maximum Gasteiger partial charge on any atom is 0.234 e. The van der Waals surface area contributed by atoms with E-state index in [1.807, 2.05) is 13.8 Å². The second-order valence-electron chi connectivity index (χ2n) is 6.20. The van der Waals surface area contributed by atoms with Crippen molar-refractivity contribution in [2.24, 2.45) is 5.73 Å². The van der Waals surface area contributed by atoms with Crippen LogP contribution in [0.25, 0.3) is 0 Å². The molecule has 0 spiro atoms. The van der Waals surface area contributed by atoms with Crippen molar-refractivity contribution in [1.29, 1.82) is 0 Å². The second-order valence-corrected chi connectivity index (χ2v) is 6.20. The van der Waals surface area contributed by atoms with Crippen molar-refractivity contribution in [2.45, 2.75) is 51.2 Å². The van der Waals surface area contributed by atoms with Gasteiger partial charge in [0.1, 0.15) is 0 Å². The molecule has 0 aliphatic carbocycles. The summed E-state index contributed by atoms with van der Waals surface area (Å²) in [7, 11) is 0. The Kier molecular flexibility index (Phi) is 5.19. The van der Waals surface area contributed by atoms with E-state index in [1.165, 1.54) is 25.9 Å². The van der Waals surface area contributed by atoms with Crippen LogP contribution in [0, 0.1) is 0 Å². The van der Waals surface area contributed by atoms with E-state index < -0.39 is 0 Å². The van der Waals surface area contributed by atoms with E-state index in [-0.39, 0.29) is 11.9 Å². The molecule has 0 saturated carbocycles. The van der Waals surface area contributed by atoms with Gasteiger partial charge in [-0.05, 0) is 25.8 Å². The third-order valence-corrected chi connectivity index (χ3v) is 4.28. The molecule has 0 aromatic carbocycles. The van der Waals surface area contributed by atoms with Crippen LogP contribution in [0.1, 0.15) is 33.1 Å². The number of hydrogen-bond donors (Lipinski definition) is 2. The van der Waals surface area contributed by atoms with Crippen LogP contribution >= 0.6 is 0 Å². The molecule has 0 aromatic heterocycles. The third kappa shape index (κ3) is 4.16. The van der Waals surface area contributed by atoms with Crippen LogP contribution < -0.4 is 11.1 Å². The number of nitrogens with two attached hydrogens (primary N) is 1. The molecule has 1 amide bonds. The quantitative estimate of drug-likeness (QED) is 0.712. The Labute approximate surface area is 116 Å². The number of hydrogen-bond acceptors (Lipinski definition) is 4. The van der Waals surface area contributed by atoms with Gasteiger partial charge in [-0.3, -0.25) is 9.69 Å². The second kappa shape index (κ2) is 6.68. The zero-order chi connectivity index (χ0) is 13.8. The van der Waals surface area contributed by atoms with E-state index in [9.17, 15) is 4.79 Å². The third-order valence-electron chi connectivity index (χ3n) is 4.28. The first-order valence-electron chi connectivity index (χ1n) is 7.58.